The zero-order chi connectivity index (χ0) is 24.6. The highest BCUT2D eigenvalue weighted by Gasteiger charge is 2.42. The second-order valence-electron chi connectivity index (χ2n) is 8.47. The van der Waals surface area contributed by atoms with E-state index in [1.54, 1.807) is 24.3 Å². The lowest BCUT2D eigenvalue weighted by Gasteiger charge is -2.38. The summed E-state index contributed by atoms with van der Waals surface area (Å²) in [5.74, 6) is -0.501. The van der Waals surface area contributed by atoms with E-state index in [-0.39, 0.29) is 34.9 Å². The Morgan fingerprint density at radius 1 is 1.21 bits per heavy atom. The number of halogens is 3. The molecule has 1 aromatic carbocycles. The van der Waals surface area contributed by atoms with Gasteiger partial charge in [0.1, 0.15) is 6.07 Å². The molecule has 2 aliphatic carbocycles. The lowest BCUT2D eigenvalue weighted by atomic mass is 9.66. The molecule has 1 aromatic heterocycles. The molecule has 3 atom stereocenters. The number of carbonyl (C=O) groups excluding carboxylic acids is 1. The van der Waals surface area contributed by atoms with Crippen LogP contribution in [-0.2, 0) is 17.4 Å². The van der Waals surface area contributed by atoms with Gasteiger partial charge in [0.15, 0.2) is 11.6 Å². The molecule has 7 heteroatoms. The number of Topliss-reactive ketones (excluding diaryl/α,β-unsaturated/α-hetero) is 1. The van der Waals surface area contributed by atoms with Crippen LogP contribution in [-0.4, -0.2) is 15.8 Å². The number of allylic oxidation sites excluding steroid dienone is 6. The fourth-order valence-electron chi connectivity index (χ4n) is 4.82. The van der Waals surface area contributed by atoms with Gasteiger partial charge in [0.2, 0.25) is 0 Å². The van der Waals surface area contributed by atoms with Crippen LogP contribution in [0.2, 0.25) is 0 Å². The number of alkyl halides is 3. The number of fused-ring (bicyclic) bond motifs is 3. The van der Waals surface area contributed by atoms with Gasteiger partial charge in [-0.15, -0.1) is 0 Å². The Bertz CT molecular complexity index is 1280. The predicted molar refractivity (Wildman–Crippen MR) is 123 cm³/mol. The van der Waals surface area contributed by atoms with Gasteiger partial charge in [-0.1, -0.05) is 56.5 Å². The molecule has 3 unspecified atom stereocenters. The van der Waals surface area contributed by atoms with Gasteiger partial charge < -0.3 is 0 Å². The van der Waals surface area contributed by atoms with Crippen molar-refractivity contribution in [2.75, 3.05) is 0 Å². The third-order valence-corrected chi connectivity index (χ3v) is 6.59. The molecule has 0 N–H and O–H groups in total. The molecule has 0 radical (unpaired) electrons. The SMILES string of the molecule is C=C/C=C(\C=C)c1nc(-c2ccc(C(F)(F)F)cc2)nc2c1CCC1C(C)C(=O)C(C#N)=CC21. The summed E-state index contributed by atoms with van der Waals surface area (Å²) in [5.41, 5.74) is 2.72. The third-order valence-electron chi connectivity index (χ3n) is 6.59. The minimum atomic E-state index is -4.44. The van der Waals surface area contributed by atoms with E-state index < -0.39 is 11.7 Å². The van der Waals surface area contributed by atoms with Gasteiger partial charge in [0.05, 0.1) is 22.5 Å². The highest BCUT2D eigenvalue weighted by Crippen LogP contribution is 2.46. The first-order chi connectivity index (χ1) is 16.2. The van der Waals surface area contributed by atoms with Crippen molar-refractivity contribution >= 4 is 11.4 Å². The lowest BCUT2D eigenvalue weighted by Crippen LogP contribution is -2.35. The van der Waals surface area contributed by atoms with Crippen molar-refractivity contribution in [1.29, 1.82) is 5.26 Å². The summed E-state index contributed by atoms with van der Waals surface area (Å²) in [4.78, 5) is 22.1. The van der Waals surface area contributed by atoms with Gasteiger partial charge in [-0.25, -0.2) is 9.97 Å². The number of hydrogen-bond acceptors (Lipinski definition) is 4. The maximum atomic E-state index is 13.1. The van der Waals surface area contributed by atoms with E-state index in [4.69, 9.17) is 9.97 Å². The smallest absolute Gasteiger partial charge is 0.293 e. The normalized spacial score (nSPS) is 22.2. The maximum Gasteiger partial charge on any atom is 0.416 e. The Hall–Kier alpha value is -3.79. The van der Waals surface area contributed by atoms with Crippen molar-refractivity contribution in [3.63, 3.8) is 0 Å². The molecule has 2 aromatic rings. The molecule has 0 saturated carbocycles. The van der Waals surface area contributed by atoms with Crippen LogP contribution in [0.5, 0.6) is 0 Å². The van der Waals surface area contributed by atoms with Crippen LogP contribution in [0.4, 0.5) is 13.2 Å². The van der Waals surface area contributed by atoms with Gasteiger partial charge >= 0.3 is 6.18 Å². The zero-order valence-electron chi connectivity index (χ0n) is 18.6. The quantitative estimate of drug-likeness (QED) is 0.506. The average Bonchev–Trinajstić information content (AvgIpc) is 2.83. The molecule has 2 aliphatic rings. The number of benzene rings is 1. The number of nitriles is 1. The summed E-state index contributed by atoms with van der Waals surface area (Å²) in [5, 5.41) is 9.50. The van der Waals surface area contributed by atoms with Gasteiger partial charge in [0.25, 0.3) is 0 Å². The first-order valence-corrected chi connectivity index (χ1v) is 10.9. The highest BCUT2D eigenvalue weighted by molar-refractivity contribution is 6.01. The van der Waals surface area contributed by atoms with E-state index in [0.717, 1.165) is 24.1 Å². The number of ketones is 1. The standard InChI is InChI=1S/C27H22F3N3O/c1-4-6-16(5-2)23-21-12-11-20-15(3)25(34)18(14-31)13-22(20)24(21)33-26(32-23)17-7-9-19(10-8-17)27(28,29)30/h4-10,13,15,20,22H,1-2,11-12H2,3H3/b16-6+. The second-order valence-corrected chi connectivity index (χ2v) is 8.47. The molecule has 0 bridgehead atoms. The number of carbonyl (C=O) groups is 1. The van der Waals surface area contributed by atoms with Gasteiger partial charge in [0, 0.05) is 23.0 Å². The summed E-state index contributed by atoms with van der Waals surface area (Å²) in [6.45, 7) is 9.45. The van der Waals surface area contributed by atoms with Crippen LogP contribution in [0.25, 0.3) is 17.0 Å². The summed E-state index contributed by atoms with van der Waals surface area (Å²) in [7, 11) is 0. The molecule has 1 heterocycles. The maximum absolute atomic E-state index is 13.1. The molecule has 4 rings (SSSR count). The number of hydrogen-bond donors (Lipinski definition) is 0. The Labute approximate surface area is 195 Å². The predicted octanol–water partition coefficient (Wildman–Crippen LogP) is 6.23. The summed E-state index contributed by atoms with van der Waals surface area (Å²) in [6, 6.07) is 6.71. The van der Waals surface area contributed by atoms with Crippen LogP contribution in [0.15, 0.2) is 67.3 Å². The molecule has 0 spiro atoms. The fraction of sp³-hybridized carbons (Fsp3) is 0.259. The van der Waals surface area contributed by atoms with E-state index in [1.807, 2.05) is 13.0 Å². The number of rotatable bonds is 4. The van der Waals surface area contributed by atoms with Crippen molar-refractivity contribution in [3.05, 3.63) is 89.8 Å². The fourth-order valence-corrected chi connectivity index (χ4v) is 4.82. The Balaban J connectivity index is 1.95. The molecule has 172 valence electrons. The highest BCUT2D eigenvalue weighted by atomic mass is 19.4. The van der Waals surface area contributed by atoms with E-state index >= 15 is 0 Å². The summed E-state index contributed by atoms with van der Waals surface area (Å²) < 4.78 is 39.2. The van der Waals surface area contributed by atoms with Crippen molar-refractivity contribution in [1.82, 2.24) is 9.97 Å². The third kappa shape index (κ3) is 4.01. The van der Waals surface area contributed by atoms with E-state index in [2.05, 4.69) is 13.2 Å². The van der Waals surface area contributed by atoms with Crippen LogP contribution < -0.4 is 0 Å². The minimum absolute atomic E-state index is 0.0177. The Morgan fingerprint density at radius 3 is 2.50 bits per heavy atom. The molecule has 0 saturated heterocycles. The van der Waals surface area contributed by atoms with Gasteiger partial charge in [-0.3, -0.25) is 4.79 Å². The van der Waals surface area contributed by atoms with E-state index in [1.165, 1.54) is 12.1 Å². The molecule has 0 aliphatic heterocycles. The van der Waals surface area contributed by atoms with Crippen LogP contribution in [0.1, 0.15) is 41.8 Å². The number of aromatic nitrogens is 2. The summed E-state index contributed by atoms with van der Waals surface area (Å²) >= 11 is 0. The molecule has 0 amide bonds. The van der Waals surface area contributed by atoms with Crippen LogP contribution in [0.3, 0.4) is 0 Å². The topological polar surface area (TPSA) is 66.6 Å². The van der Waals surface area contributed by atoms with Gasteiger partial charge in [-0.2, -0.15) is 18.4 Å². The number of nitrogens with zero attached hydrogens (tertiary/aromatic N) is 3. The molecule has 0 fully saturated rings. The Morgan fingerprint density at radius 2 is 1.91 bits per heavy atom. The van der Waals surface area contributed by atoms with Crippen molar-refractivity contribution in [2.45, 2.75) is 31.9 Å². The molecular formula is C27H22F3N3O. The first-order valence-electron chi connectivity index (χ1n) is 10.9. The van der Waals surface area contributed by atoms with Crippen LogP contribution in [0, 0.1) is 23.2 Å². The monoisotopic (exact) mass is 461 g/mol. The first kappa shape index (κ1) is 23.4. The minimum Gasteiger partial charge on any atom is -0.293 e. The molecule has 34 heavy (non-hydrogen) atoms. The average molecular weight is 461 g/mol. The van der Waals surface area contributed by atoms with E-state index in [0.29, 0.717) is 28.9 Å². The van der Waals surface area contributed by atoms with E-state index in [9.17, 15) is 23.2 Å². The lowest BCUT2D eigenvalue weighted by molar-refractivity contribution is -0.137. The van der Waals surface area contributed by atoms with Gasteiger partial charge in [-0.05, 0) is 36.5 Å². The Kier molecular flexibility index (Phi) is 6.09. The van der Waals surface area contributed by atoms with Crippen molar-refractivity contribution < 1.29 is 18.0 Å². The molecular weight excluding hydrogens is 439 g/mol. The van der Waals surface area contributed by atoms with Crippen molar-refractivity contribution in [3.8, 4) is 17.5 Å². The zero-order valence-corrected chi connectivity index (χ0v) is 18.6. The molecule has 4 nitrogen and oxygen atoms in total. The van der Waals surface area contributed by atoms with Crippen molar-refractivity contribution in [2.24, 2.45) is 11.8 Å². The van der Waals surface area contributed by atoms with Crippen LogP contribution >= 0.6 is 0 Å². The second kappa shape index (κ2) is 8.86. The largest absolute Gasteiger partial charge is 0.416 e. The summed E-state index contributed by atoms with van der Waals surface area (Å²) in [6.07, 6.45) is 3.63.